The van der Waals surface area contributed by atoms with Crippen LogP contribution in [0.15, 0.2) is 42.5 Å². The summed E-state index contributed by atoms with van der Waals surface area (Å²) in [6.07, 6.45) is 1.66. The molecular formula is C20H20ClFN2O. The van der Waals surface area contributed by atoms with Gasteiger partial charge in [-0.1, -0.05) is 41.9 Å². The van der Waals surface area contributed by atoms with Gasteiger partial charge in [-0.3, -0.25) is 4.79 Å². The predicted molar refractivity (Wildman–Crippen MR) is 96.2 cm³/mol. The lowest BCUT2D eigenvalue weighted by molar-refractivity contribution is -0.122. The largest absolute Gasteiger partial charge is 0.354 e. The molecule has 1 amide bonds. The van der Waals surface area contributed by atoms with Crippen molar-refractivity contribution in [3.8, 4) is 0 Å². The fourth-order valence-corrected chi connectivity index (χ4v) is 4.08. The molecule has 0 bridgehead atoms. The van der Waals surface area contributed by atoms with Crippen LogP contribution in [-0.2, 0) is 11.2 Å². The molecule has 0 spiro atoms. The Balaban J connectivity index is 1.39. The highest BCUT2D eigenvalue weighted by Gasteiger charge is 2.46. The monoisotopic (exact) mass is 358 g/mol. The molecule has 0 saturated heterocycles. The van der Waals surface area contributed by atoms with Crippen molar-refractivity contribution in [1.82, 2.24) is 10.6 Å². The second kappa shape index (κ2) is 6.77. The van der Waals surface area contributed by atoms with E-state index in [1.54, 1.807) is 12.1 Å². The number of hydrogen-bond donors (Lipinski definition) is 2. The Morgan fingerprint density at radius 1 is 1.24 bits per heavy atom. The smallest absolute Gasteiger partial charge is 0.223 e. The number of amides is 1. The molecule has 1 heterocycles. The second-order valence-corrected chi connectivity index (χ2v) is 7.19. The van der Waals surface area contributed by atoms with E-state index in [4.69, 9.17) is 11.6 Å². The fourth-order valence-electron chi connectivity index (χ4n) is 3.78. The first-order chi connectivity index (χ1) is 12.1. The van der Waals surface area contributed by atoms with Gasteiger partial charge >= 0.3 is 0 Å². The molecule has 1 aliphatic carbocycles. The normalized spacial score (nSPS) is 24.5. The predicted octanol–water partition coefficient (Wildman–Crippen LogP) is 3.59. The molecule has 3 atom stereocenters. The highest BCUT2D eigenvalue weighted by atomic mass is 35.5. The Hall–Kier alpha value is -1.91. The number of carbonyl (C=O) groups excluding carboxylic acids is 1. The minimum atomic E-state index is -0.323. The summed E-state index contributed by atoms with van der Waals surface area (Å²) in [5.74, 6) is -0.640. The van der Waals surface area contributed by atoms with Gasteiger partial charge in [-0.05, 0) is 42.6 Å². The van der Waals surface area contributed by atoms with Crippen LogP contribution < -0.4 is 10.6 Å². The lowest BCUT2D eigenvalue weighted by atomic mass is 9.94. The molecule has 2 N–H and O–H groups in total. The number of fused-ring (bicyclic) bond motifs is 1. The van der Waals surface area contributed by atoms with Gasteiger partial charge in [0.15, 0.2) is 0 Å². The van der Waals surface area contributed by atoms with Crippen LogP contribution in [0.1, 0.15) is 35.1 Å². The van der Waals surface area contributed by atoms with Crippen molar-refractivity contribution < 1.29 is 9.18 Å². The van der Waals surface area contributed by atoms with Crippen molar-refractivity contribution in [3.05, 3.63) is 70.0 Å². The SMILES string of the molecule is O=C(NCC1NCCc2ccccc21)C1CC1c1c(F)cccc1Cl. The Morgan fingerprint density at radius 3 is 2.92 bits per heavy atom. The van der Waals surface area contributed by atoms with Gasteiger partial charge in [0, 0.05) is 35.0 Å². The van der Waals surface area contributed by atoms with Gasteiger partial charge in [0.2, 0.25) is 5.91 Å². The van der Waals surface area contributed by atoms with Crippen LogP contribution in [0.25, 0.3) is 0 Å². The number of rotatable bonds is 4. The van der Waals surface area contributed by atoms with Crippen molar-refractivity contribution in [2.24, 2.45) is 5.92 Å². The van der Waals surface area contributed by atoms with E-state index in [-0.39, 0.29) is 29.6 Å². The molecule has 2 aliphatic rings. The summed E-state index contributed by atoms with van der Waals surface area (Å²) in [5.41, 5.74) is 3.06. The van der Waals surface area contributed by atoms with E-state index in [1.807, 2.05) is 12.1 Å². The van der Waals surface area contributed by atoms with Gasteiger partial charge in [-0.25, -0.2) is 4.39 Å². The van der Waals surface area contributed by atoms with E-state index in [0.717, 1.165) is 13.0 Å². The summed E-state index contributed by atoms with van der Waals surface area (Å²) >= 11 is 6.11. The lowest BCUT2D eigenvalue weighted by Gasteiger charge is -2.27. The van der Waals surface area contributed by atoms with E-state index >= 15 is 0 Å². The molecule has 130 valence electrons. The summed E-state index contributed by atoms with van der Waals surface area (Å²) in [5, 5.41) is 6.89. The standard InChI is InChI=1S/C20H20ClFN2O/c21-16-6-3-7-17(22)19(16)14-10-15(14)20(25)24-11-18-13-5-2-1-4-12(13)8-9-23-18/h1-7,14-15,18,23H,8-11H2,(H,24,25). The van der Waals surface area contributed by atoms with Crippen LogP contribution in [0, 0.1) is 11.7 Å². The molecule has 0 aromatic heterocycles. The topological polar surface area (TPSA) is 41.1 Å². The average molecular weight is 359 g/mol. The molecule has 3 nitrogen and oxygen atoms in total. The van der Waals surface area contributed by atoms with Gasteiger partial charge < -0.3 is 10.6 Å². The number of hydrogen-bond acceptors (Lipinski definition) is 2. The van der Waals surface area contributed by atoms with Gasteiger partial charge in [-0.2, -0.15) is 0 Å². The minimum Gasteiger partial charge on any atom is -0.354 e. The summed E-state index contributed by atoms with van der Waals surface area (Å²) in [4.78, 5) is 12.5. The zero-order chi connectivity index (χ0) is 17.4. The number of benzene rings is 2. The molecule has 2 aromatic carbocycles. The highest BCUT2D eigenvalue weighted by molar-refractivity contribution is 6.31. The van der Waals surface area contributed by atoms with Crippen molar-refractivity contribution in [2.45, 2.75) is 24.8 Å². The van der Waals surface area contributed by atoms with Crippen LogP contribution in [0.3, 0.4) is 0 Å². The van der Waals surface area contributed by atoms with Crippen molar-refractivity contribution in [2.75, 3.05) is 13.1 Å². The number of nitrogens with one attached hydrogen (secondary N) is 2. The lowest BCUT2D eigenvalue weighted by Crippen LogP contribution is -2.39. The quantitative estimate of drug-likeness (QED) is 0.877. The Labute approximate surface area is 151 Å². The fraction of sp³-hybridized carbons (Fsp3) is 0.350. The van der Waals surface area contributed by atoms with Crippen LogP contribution in [0.2, 0.25) is 5.02 Å². The summed E-state index contributed by atoms with van der Waals surface area (Å²) < 4.78 is 14.0. The molecule has 1 aliphatic heterocycles. The van der Waals surface area contributed by atoms with Crippen molar-refractivity contribution in [3.63, 3.8) is 0 Å². The first kappa shape index (κ1) is 16.6. The average Bonchev–Trinajstić information content (AvgIpc) is 3.40. The molecule has 25 heavy (non-hydrogen) atoms. The summed E-state index contributed by atoms with van der Waals surface area (Å²) in [6.45, 7) is 1.46. The third-order valence-electron chi connectivity index (χ3n) is 5.19. The third-order valence-corrected chi connectivity index (χ3v) is 5.52. The van der Waals surface area contributed by atoms with Crippen LogP contribution >= 0.6 is 11.6 Å². The maximum absolute atomic E-state index is 14.0. The third kappa shape index (κ3) is 3.29. The second-order valence-electron chi connectivity index (χ2n) is 6.78. The molecule has 0 radical (unpaired) electrons. The maximum atomic E-state index is 14.0. The highest BCUT2D eigenvalue weighted by Crippen LogP contribution is 2.50. The Kier molecular flexibility index (Phi) is 4.48. The maximum Gasteiger partial charge on any atom is 0.223 e. The van der Waals surface area contributed by atoms with Crippen LogP contribution in [-0.4, -0.2) is 19.0 Å². The van der Waals surface area contributed by atoms with Crippen molar-refractivity contribution in [1.29, 1.82) is 0 Å². The minimum absolute atomic E-state index is 0.0193. The van der Waals surface area contributed by atoms with Crippen LogP contribution in [0.5, 0.6) is 0 Å². The van der Waals surface area contributed by atoms with Crippen LogP contribution in [0.4, 0.5) is 4.39 Å². The Morgan fingerprint density at radius 2 is 2.08 bits per heavy atom. The summed E-state index contributed by atoms with van der Waals surface area (Å²) in [6, 6.07) is 13.1. The van der Waals surface area contributed by atoms with Gasteiger partial charge in [0.1, 0.15) is 5.82 Å². The van der Waals surface area contributed by atoms with E-state index in [2.05, 4.69) is 22.8 Å². The number of carbonyl (C=O) groups is 1. The molecule has 2 aromatic rings. The number of halogens is 2. The van der Waals surface area contributed by atoms with E-state index in [9.17, 15) is 9.18 Å². The van der Waals surface area contributed by atoms with Gasteiger partial charge in [0.05, 0.1) is 0 Å². The van der Waals surface area contributed by atoms with Gasteiger partial charge in [-0.15, -0.1) is 0 Å². The molecular weight excluding hydrogens is 339 g/mol. The van der Waals surface area contributed by atoms with E-state index in [0.29, 0.717) is 23.6 Å². The summed E-state index contributed by atoms with van der Waals surface area (Å²) in [7, 11) is 0. The van der Waals surface area contributed by atoms with E-state index < -0.39 is 0 Å². The zero-order valence-corrected chi connectivity index (χ0v) is 14.5. The van der Waals surface area contributed by atoms with Gasteiger partial charge in [0.25, 0.3) is 0 Å². The zero-order valence-electron chi connectivity index (χ0n) is 13.8. The first-order valence-electron chi connectivity index (χ1n) is 8.68. The first-order valence-corrected chi connectivity index (χ1v) is 9.05. The molecule has 3 unspecified atom stereocenters. The van der Waals surface area contributed by atoms with E-state index in [1.165, 1.54) is 17.2 Å². The molecule has 1 fully saturated rings. The molecule has 5 heteroatoms. The molecule has 4 rings (SSSR count). The van der Waals surface area contributed by atoms with Crippen molar-refractivity contribution >= 4 is 17.5 Å². The molecule has 1 saturated carbocycles. The Bertz CT molecular complexity index is 790.